The molecule has 1 atom stereocenters. The van der Waals surface area contributed by atoms with E-state index in [2.05, 4.69) is 19.2 Å². The van der Waals surface area contributed by atoms with Crippen LogP contribution >= 0.6 is 11.6 Å². The van der Waals surface area contributed by atoms with Gasteiger partial charge in [-0.15, -0.1) is 0 Å². The minimum absolute atomic E-state index is 0.265. The molecule has 1 aromatic rings. The van der Waals surface area contributed by atoms with Gasteiger partial charge in [0.2, 0.25) is 0 Å². The van der Waals surface area contributed by atoms with E-state index in [1.54, 1.807) is 0 Å². The largest absolute Gasteiger partial charge is 0.316 e. The van der Waals surface area contributed by atoms with E-state index in [0.717, 1.165) is 12.0 Å². The van der Waals surface area contributed by atoms with Crippen LogP contribution in [0.3, 0.4) is 0 Å². The summed E-state index contributed by atoms with van der Waals surface area (Å²) in [4.78, 5) is 0. The summed E-state index contributed by atoms with van der Waals surface area (Å²) >= 11 is 6.15. The standard InChI is InChI=1S/C17H25ClFN/c1-17(2)8-6-12(7-9-17)16(20-3)10-13-4-5-14(19)11-15(13)18/h4-5,11-12,16,20H,6-10H2,1-3H3. The third kappa shape index (κ3) is 3.95. The van der Waals surface area contributed by atoms with Crippen LogP contribution in [0, 0.1) is 17.2 Å². The molecular formula is C17H25ClFN. The van der Waals surface area contributed by atoms with Gasteiger partial charge in [0.05, 0.1) is 0 Å². The predicted octanol–water partition coefficient (Wildman–Crippen LogP) is 4.83. The average molecular weight is 298 g/mol. The molecule has 0 amide bonds. The monoisotopic (exact) mass is 297 g/mol. The van der Waals surface area contributed by atoms with Crippen molar-refractivity contribution in [1.29, 1.82) is 0 Å². The fourth-order valence-electron chi connectivity index (χ4n) is 3.25. The van der Waals surface area contributed by atoms with Crippen LogP contribution in [0.2, 0.25) is 5.02 Å². The van der Waals surface area contributed by atoms with E-state index in [9.17, 15) is 4.39 Å². The zero-order valence-corrected chi connectivity index (χ0v) is 13.4. The summed E-state index contributed by atoms with van der Waals surface area (Å²) in [5.74, 6) is 0.424. The number of rotatable bonds is 4. The predicted molar refractivity (Wildman–Crippen MR) is 83.7 cm³/mol. The van der Waals surface area contributed by atoms with Crippen molar-refractivity contribution < 1.29 is 4.39 Å². The first-order chi connectivity index (χ1) is 9.41. The first kappa shape index (κ1) is 15.8. The molecule has 0 radical (unpaired) electrons. The molecule has 0 spiro atoms. The van der Waals surface area contributed by atoms with Crippen molar-refractivity contribution in [3.05, 3.63) is 34.6 Å². The summed E-state index contributed by atoms with van der Waals surface area (Å²) in [7, 11) is 2.02. The van der Waals surface area contributed by atoms with Gasteiger partial charge in [-0.2, -0.15) is 0 Å². The molecule has 20 heavy (non-hydrogen) atoms. The van der Waals surface area contributed by atoms with Gasteiger partial charge in [-0.1, -0.05) is 31.5 Å². The number of nitrogens with one attached hydrogen (secondary N) is 1. The van der Waals surface area contributed by atoms with Gasteiger partial charge in [0.25, 0.3) is 0 Å². The highest BCUT2D eigenvalue weighted by molar-refractivity contribution is 6.31. The van der Waals surface area contributed by atoms with Gasteiger partial charge in [-0.25, -0.2) is 4.39 Å². The smallest absolute Gasteiger partial charge is 0.124 e. The van der Waals surface area contributed by atoms with Crippen LogP contribution in [0.5, 0.6) is 0 Å². The SMILES string of the molecule is CNC(Cc1ccc(F)cc1Cl)C1CCC(C)(C)CC1. The Balaban J connectivity index is 2.02. The van der Waals surface area contributed by atoms with Crippen molar-refractivity contribution >= 4 is 11.6 Å². The Kier molecular flexibility index (Phi) is 5.09. The second kappa shape index (κ2) is 6.44. The normalized spacial score (nSPS) is 20.9. The van der Waals surface area contributed by atoms with Gasteiger partial charge in [-0.05, 0) is 68.2 Å². The molecule has 1 unspecified atom stereocenters. The molecule has 0 aromatic heterocycles. The van der Waals surface area contributed by atoms with E-state index in [4.69, 9.17) is 11.6 Å². The first-order valence-electron chi connectivity index (χ1n) is 7.52. The third-order valence-electron chi connectivity index (χ3n) is 4.78. The quantitative estimate of drug-likeness (QED) is 0.839. The number of likely N-dealkylation sites (N-methyl/N-ethyl adjacent to an activating group) is 1. The maximum atomic E-state index is 13.1. The second-order valence-electron chi connectivity index (χ2n) is 6.84. The molecule has 1 fully saturated rings. The fourth-order valence-corrected chi connectivity index (χ4v) is 3.50. The van der Waals surface area contributed by atoms with Gasteiger partial charge in [0.15, 0.2) is 0 Å². The van der Waals surface area contributed by atoms with E-state index in [-0.39, 0.29) is 5.82 Å². The molecule has 1 N–H and O–H groups in total. The summed E-state index contributed by atoms with van der Waals surface area (Å²) < 4.78 is 13.1. The van der Waals surface area contributed by atoms with Crippen LogP contribution in [-0.2, 0) is 6.42 Å². The average Bonchev–Trinajstić information content (AvgIpc) is 2.39. The topological polar surface area (TPSA) is 12.0 Å². The fraction of sp³-hybridized carbons (Fsp3) is 0.647. The summed E-state index contributed by atoms with van der Waals surface area (Å²) in [5.41, 5.74) is 1.53. The van der Waals surface area contributed by atoms with Crippen LogP contribution in [0.1, 0.15) is 45.1 Å². The van der Waals surface area contributed by atoms with Crippen molar-refractivity contribution in [3.8, 4) is 0 Å². The van der Waals surface area contributed by atoms with Gasteiger partial charge in [-0.3, -0.25) is 0 Å². The molecule has 2 rings (SSSR count). The molecule has 0 aliphatic heterocycles. The van der Waals surface area contributed by atoms with Gasteiger partial charge in [0, 0.05) is 11.1 Å². The zero-order valence-electron chi connectivity index (χ0n) is 12.7. The maximum Gasteiger partial charge on any atom is 0.124 e. The van der Waals surface area contributed by atoms with Crippen molar-refractivity contribution in [3.63, 3.8) is 0 Å². The molecule has 1 nitrogen and oxygen atoms in total. The van der Waals surface area contributed by atoms with E-state index in [0.29, 0.717) is 22.4 Å². The Hall–Kier alpha value is -0.600. The highest BCUT2D eigenvalue weighted by Gasteiger charge is 2.31. The molecular weight excluding hydrogens is 273 g/mol. The zero-order chi connectivity index (χ0) is 14.8. The lowest BCUT2D eigenvalue weighted by Crippen LogP contribution is -2.38. The lowest BCUT2D eigenvalue weighted by molar-refractivity contribution is 0.163. The minimum atomic E-state index is -0.265. The molecule has 112 valence electrons. The molecule has 1 aliphatic carbocycles. The molecule has 1 saturated carbocycles. The Labute approximate surface area is 126 Å². The van der Waals surface area contributed by atoms with Crippen molar-refractivity contribution in [2.75, 3.05) is 7.05 Å². The van der Waals surface area contributed by atoms with Crippen LogP contribution in [0.15, 0.2) is 18.2 Å². The van der Waals surface area contributed by atoms with E-state index in [1.807, 2.05) is 13.1 Å². The molecule has 0 bridgehead atoms. The molecule has 0 heterocycles. The Morgan fingerprint density at radius 3 is 2.55 bits per heavy atom. The Morgan fingerprint density at radius 1 is 1.35 bits per heavy atom. The van der Waals surface area contributed by atoms with Crippen LogP contribution in [0.4, 0.5) is 4.39 Å². The lowest BCUT2D eigenvalue weighted by atomic mass is 9.70. The van der Waals surface area contributed by atoms with Crippen LogP contribution in [0.25, 0.3) is 0 Å². The van der Waals surface area contributed by atoms with Crippen molar-refractivity contribution in [1.82, 2.24) is 5.32 Å². The molecule has 0 saturated heterocycles. The van der Waals surface area contributed by atoms with Gasteiger partial charge >= 0.3 is 0 Å². The third-order valence-corrected chi connectivity index (χ3v) is 5.13. The van der Waals surface area contributed by atoms with E-state index >= 15 is 0 Å². The number of hydrogen-bond acceptors (Lipinski definition) is 1. The molecule has 1 aromatic carbocycles. The summed E-state index contributed by atoms with van der Waals surface area (Å²) in [5, 5.41) is 3.98. The summed E-state index contributed by atoms with van der Waals surface area (Å²) in [6.07, 6.45) is 5.97. The van der Waals surface area contributed by atoms with Crippen LogP contribution in [-0.4, -0.2) is 13.1 Å². The first-order valence-corrected chi connectivity index (χ1v) is 7.90. The number of halogens is 2. The molecule has 1 aliphatic rings. The van der Waals surface area contributed by atoms with Crippen molar-refractivity contribution in [2.24, 2.45) is 11.3 Å². The van der Waals surface area contributed by atoms with E-state index in [1.165, 1.54) is 37.8 Å². The Morgan fingerprint density at radius 2 is 2.00 bits per heavy atom. The maximum absolute atomic E-state index is 13.1. The summed E-state index contributed by atoms with van der Waals surface area (Å²) in [6, 6.07) is 5.15. The second-order valence-corrected chi connectivity index (χ2v) is 7.24. The van der Waals surface area contributed by atoms with Crippen LogP contribution < -0.4 is 5.32 Å². The number of hydrogen-bond donors (Lipinski definition) is 1. The van der Waals surface area contributed by atoms with Gasteiger partial charge in [0.1, 0.15) is 5.82 Å². The summed E-state index contributed by atoms with van der Waals surface area (Å²) in [6.45, 7) is 4.71. The lowest BCUT2D eigenvalue weighted by Gasteiger charge is -2.38. The highest BCUT2D eigenvalue weighted by Crippen LogP contribution is 2.39. The molecule has 3 heteroatoms. The highest BCUT2D eigenvalue weighted by atomic mass is 35.5. The minimum Gasteiger partial charge on any atom is -0.316 e. The van der Waals surface area contributed by atoms with Gasteiger partial charge < -0.3 is 5.32 Å². The van der Waals surface area contributed by atoms with E-state index < -0.39 is 0 Å². The van der Waals surface area contributed by atoms with Crippen molar-refractivity contribution in [2.45, 2.75) is 52.0 Å². The Bertz CT molecular complexity index is 448. The number of benzene rings is 1.